The standard InChI is InChI=1S/C51H44N7.Pt/c1-50(2,3)33-27-28-41-39(30-33)40-31-34(51(4,5)6)32-44(48(40)53-41)58-42-24-14-13-22-37(42)46(55-58)38-23-17-25-43-47(38)54-49(56(43)35-18-9-7-10-19-35)57(36-20-11-8-12-21-36)45-26-15-16-29-52-45;/h7-32H,1-6H3;/q-1;. The number of pyridine rings is 1. The van der Waals surface area contributed by atoms with Gasteiger partial charge >= 0.3 is 0 Å². The van der Waals surface area contributed by atoms with Crippen LogP contribution in [0, 0.1) is 0 Å². The fourth-order valence-electron chi connectivity index (χ4n) is 8.09. The molecule has 0 spiro atoms. The van der Waals surface area contributed by atoms with Crippen molar-refractivity contribution in [3.05, 3.63) is 169 Å². The van der Waals surface area contributed by atoms with Crippen molar-refractivity contribution < 1.29 is 21.1 Å². The number of nitrogens with zero attached hydrogens (tertiary/aromatic N) is 7. The number of para-hydroxylation sites is 4. The molecule has 4 aromatic heterocycles. The smallest absolute Gasteiger partial charge is 0.221 e. The number of rotatable bonds is 6. The summed E-state index contributed by atoms with van der Waals surface area (Å²) in [5.41, 5.74) is 11.9. The Bertz CT molecular complexity index is 3090. The predicted molar refractivity (Wildman–Crippen MR) is 239 cm³/mol. The molecule has 10 rings (SSSR count). The van der Waals surface area contributed by atoms with Crippen LogP contribution in [-0.4, -0.2) is 24.3 Å². The van der Waals surface area contributed by atoms with Gasteiger partial charge in [-0.15, -0.1) is 11.0 Å². The average Bonchev–Trinajstić information content (AvgIpc) is 3.93. The number of anilines is 3. The maximum Gasteiger partial charge on any atom is 0.221 e. The van der Waals surface area contributed by atoms with E-state index in [0.717, 1.165) is 78.4 Å². The van der Waals surface area contributed by atoms with E-state index in [4.69, 9.17) is 20.1 Å². The third-order valence-electron chi connectivity index (χ3n) is 11.2. The molecule has 0 aliphatic rings. The van der Waals surface area contributed by atoms with Gasteiger partial charge in [-0.2, -0.15) is 5.10 Å². The zero-order valence-corrected chi connectivity index (χ0v) is 36.2. The van der Waals surface area contributed by atoms with Crippen molar-refractivity contribution >= 4 is 61.2 Å². The van der Waals surface area contributed by atoms with Crippen molar-refractivity contribution in [2.24, 2.45) is 0 Å². The minimum absolute atomic E-state index is 0. The van der Waals surface area contributed by atoms with Crippen LogP contribution in [-0.2, 0) is 31.9 Å². The van der Waals surface area contributed by atoms with Crippen molar-refractivity contribution in [1.82, 2.24) is 29.3 Å². The van der Waals surface area contributed by atoms with E-state index in [1.807, 2.05) is 48.7 Å². The first-order chi connectivity index (χ1) is 28.0. The summed E-state index contributed by atoms with van der Waals surface area (Å²) in [6, 6.07) is 53.0. The van der Waals surface area contributed by atoms with E-state index in [1.54, 1.807) is 0 Å². The summed E-state index contributed by atoms with van der Waals surface area (Å²) < 4.78 is 4.33. The average molecular weight is 950 g/mol. The Morgan fingerprint density at radius 3 is 2.00 bits per heavy atom. The molecular formula is C51H44N7Pt-. The second-order valence-electron chi connectivity index (χ2n) is 17.1. The Morgan fingerprint density at radius 2 is 1.27 bits per heavy atom. The molecule has 0 unspecified atom stereocenters. The Labute approximate surface area is 358 Å². The Hall–Kier alpha value is -6.30. The third-order valence-corrected chi connectivity index (χ3v) is 11.2. The molecule has 0 saturated heterocycles. The van der Waals surface area contributed by atoms with Crippen molar-refractivity contribution in [2.75, 3.05) is 4.90 Å². The molecule has 0 amide bonds. The van der Waals surface area contributed by atoms with E-state index >= 15 is 0 Å². The SMILES string of the molecule is CC(C)(C)c1ccc2[n-]c3c(-n4nc(-c5cccc6c5nc(N(c5ccccc5)c5ccccn5)n6-c5ccccc5)c5ccccc54)cc(C(C)(C)C)cc3c2c1.[Pt]. The summed E-state index contributed by atoms with van der Waals surface area (Å²) in [5, 5.41) is 8.91. The van der Waals surface area contributed by atoms with Crippen molar-refractivity contribution in [3.8, 4) is 22.6 Å². The van der Waals surface area contributed by atoms with Crippen molar-refractivity contribution in [3.63, 3.8) is 0 Å². The van der Waals surface area contributed by atoms with E-state index in [9.17, 15) is 0 Å². The topological polar surface area (TPSA) is 65.9 Å². The molecule has 7 nitrogen and oxygen atoms in total. The van der Waals surface area contributed by atoms with Crippen molar-refractivity contribution in [1.29, 1.82) is 0 Å². The molecule has 6 aromatic carbocycles. The van der Waals surface area contributed by atoms with E-state index < -0.39 is 0 Å². The fourth-order valence-corrected chi connectivity index (χ4v) is 8.09. The Kier molecular flexibility index (Phi) is 9.40. The van der Waals surface area contributed by atoms with Gasteiger partial charge in [0.1, 0.15) is 17.0 Å². The molecular weight excluding hydrogens is 906 g/mol. The molecule has 8 heteroatoms. The number of benzene rings is 6. The molecule has 0 atom stereocenters. The van der Waals surface area contributed by atoms with Crippen LogP contribution in [0.15, 0.2) is 158 Å². The summed E-state index contributed by atoms with van der Waals surface area (Å²) in [5.74, 6) is 1.49. The van der Waals surface area contributed by atoms with E-state index in [1.165, 1.54) is 16.5 Å². The van der Waals surface area contributed by atoms with Gasteiger partial charge in [0.2, 0.25) is 5.95 Å². The van der Waals surface area contributed by atoms with Gasteiger partial charge in [-0.1, -0.05) is 139 Å². The van der Waals surface area contributed by atoms with Gasteiger partial charge in [0.05, 0.1) is 22.4 Å². The molecule has 0 fully saturated rings. The molecule has 0 radical (unpaired) electrons. The summed E-state index contributed by atoms with van der Waals surface area (Å²) in [6.45, 7) is 13.6. The second-order valence-corrected chi connectivity index (χ2v) is 17.1. The zero-order valence-electron chi connectivity index (χ0n) is 34.0. The molecule has 4 heterocycles. The first kappa shape index (κ1) is 38.2. The zero-order chi connectivity index (χ0) is 39.8. The molecule has 294 valence electrons. The summed E-state index contributed by atoms with van der Waals surface area (Å²) in [4.78, 5) is 17.8. The van der Waals surface area contributed by atoms with Gasteiger partial charge in [0.25, 0.3) is 0 Å². The molecule has 0 saturated carbocycles. The molecule has 10 aromatic rings. The number of hydrogen-bond donors (Lipinski definition) is 0. The first-order valence-corrected chi connectivity index (χ1v) is 19.9. The second kappa shape index (κ2) is 14.5. The third kappa shape index (κ3) is 6.54. The van der Waals surface area contributed by atoms with E-state index in [-0.39, 0.29) is 31.9 Å². The minimum atomic E-state index is -0.107. The van der Waals surface area contributed by atoms with Crippen LogP contribution in [0.1, 0.15) is 52.7 Å². The maximum absolute atomic E-state index is 5.55. The van der Waals surface area contributed by atoms with Gasteiger partial charge < -0.3 is 4.98 Å². The van der Waals surface area contributed by atoms with Gasteiger partial charge in [-0.05, 0) is 87.3 Å². The van der Waals surface area contributed by atoms with Gasteiger partial charge in [0.15, 0.2) is 0 Å². The maximum atomic E-state index is 5.55. The largest absolute Gasteiger partial charge is 0.655 e. The van der Waals surface area contributed by atoms with Crippen LogP contribution in [0.2, 0.25) is 0 Å². The summed E-state index contributed by atoms with van der Waals surface area (Å²) in [6.07, 6.45) is 1.82. The summed E-state index contributed by atoms with van der Waals surface area (Å²) >= 11 is 0. The predicted octanol–water partition coefficient (Wildman–Crippen LogP) is 12.8. The monoisotopic (exact) mass is 949 g/mol. The molecule has 0 aliphatic carbocycles. The van der Waals surface area contributed by atoms with Crippen LogP contribution >= 0.6 is 0 Å². The van der Waals surface area contributed by atoms with Crippen molar-refractivity contribution in [2.45, 2.75) is 52.4 Å². The van der Waals surface area contributed by atoms with Crippen LogP contribution in [0.5, 0.6) is 0 Å². The van der Waals surface area contributed by atoms with Crippen LogP contribution in [0.25, 0.3) is 66.4 Å². The van der Waals surface area contributed by atoms with E-state index in [2.05, 4.69) is 165 Å². The van der Waals surface area contributed by atoms with Crippen LogP contribution in [0.4, 0.5) is 17.5 Å². The number of aromatic nitrogens is 6. The fraction of sp³-hybridized carbons (Fsp3) is 0.157. The molecule has 59 heavy (non-hydrogen) atoms. The normalized spacial score (nSPS) is 12.1. The first-order valence-electron chi connectivity index (χ1n) is 19.9. The Balaban J connectivity index is 0.00000449. The van der Waals surface area contributed by atoms with Gasteiger partial charge in [-0.25, -0.2) is 14.6 Å². The number of hydrogen-bond acceptors (Lipinski definition) is 4. The van der Waals surface area contributed by atoms with E-state index in [0.29, 0.717) is 0 Å². The van der Waals surface area contributed by atoms with Gasteiger partial charge in [-0.3, -0.25) is 9.47 Å². The summed E-state index contributed by atoms with van der Waals surface area (Å²) in [7, 11) is 0. The van der Waals surface area contributed by atoms with Gasteiger partial charge in [0, 0.05) is 43.9 Å². The number of fused-ring (bicyclic) bond motifs is 5. The molecule has 0 N–H and O–H groups in total. The molecule has 0 aliphatic heterocycles. The number of imidazole rings is 1. The Morgan fingerprint density at radius 1 is 0.593 bits per heavy atom. The molecule has 0 bridgehead atoms. The minimum Gasteiger partial charge on any atom is -0.655 e. The quantitative estimate of drug-likeness (QED) is 0.166. The van der Waals surface area contributed by atoms with Crippen LogP contribution < -0.4 is 9.88 Å². The van der Waals surface area contributed by atoms with Crippen LogP contribution in [0.3, 0.4) is 0 Å².